The van der Waals surface area contributed by atoms with Crippen molar-refractivity contribution in [2.75, 3.05) is 13.7 Å². The Morgan fingerprint density at radius 1 is 1.46 bits per heavy atom. The van der Waals surface area contributed by atoms with Gasteiger partial charge in [-0.1, -0.05) is 11.6 Å². The summed E-state index contributed by atoms with van der Waals surface area (Å²) in [5, 5.41) is 0.477. The van der Waals surface area contributed by atoms with Crippen LogP contribution in [0.5, 0.6) is 5.88 Å². The number of methoxy groups -OCH3 is 1. The van der Waals surface area contributed by atoms with Crippen molar-refractivity contribution in [1.29, 1.82) is 0 Å². The number of nitrogens with one attached hydrogen (secondary N) is 1. The Bertz CT molecular complexity index is 985. The molecular formula is C18H17ClN4O3. The molecule has 26 heavy (non-hydrogen) atoms. The molecular weight excluding hydrogens is 356 g/mol. The normalized spacial score (nSPS) is 14.2. The number of fused-ring (bicyclic) bond motifs is 1. The Morgan fingerprint density at radius 2 is 2.35 bits per heavy atom. The van der Waals surface area contributed by atoms with Crippen LogP contribution in [0.1, 0.15) is 16.8 Å². The van der Waals surface area contributed by atoms with Crippen LogP contribution in [0, 0.1) is 0 Å². The van der Waals surface area contributed by atoms with Gasteiger partial charge in [-0.15, -0.1) is 0 Å². The Balaban J connectivity index is 1.55. The molecule has 4 heterocycles. The van der Waals surface area contributed by atoms with Gasteiger partial charge in [0.15, 0.2) is 11.6 Å². The minimum atomic E-state index is -0.128. The highest BCUT2D eigenvalue weighted by Gasteiger charge is 2.22. The van der Waals surface area contributed by atoms with Crippen LogP contribution in [0.2, 0.25) is 5.02 Å². The van der Waals surface area contributed by atoms with E-state index in [2.05, 4.69) is 19.9 Å². The third-order valence-corrected chi connectivity index (χ3v) is 4.64. The number of hydrogen-bond donors (Lipinski definition) is 1. The second-order valence-electron chi connectivity index (χ2n) is 6.11. The predicted molar refractivity (Wildman–Crippen MR) is 96.2 cm³/mol. The number of H-pyrrole nitrogens is 1. The van der Waals surface area contributed by atoms with Crippen LogP contribution in [0.3, 0.4) is 0 Å². The van der Waals surface area contributed by atoms with Crippen molar-refractivity contribution in [3.05, 3.63) is 62.9 Å². The van der Waals surface area contributed by atoms with E-state index in [0.29, 0.717) is 47.6 Å². The molecule has 4 rings (SSSR count). The van der Waals surface area contributed by atoms with Crippen molar-refractivity contribution in [2.24, 2.45) is 0 Å². The molecule has 0 saturated carbocycles. The molecule has 0 aromatic carbocycles. The fourth-order valence-corrected chi connectivity index (χ4v) is 3.37. The fraction of sp³-hybridized carbons (Fsp3) is 0.278. The van der Waals surface area contributed by atoms with Crippen LogP contribution in [-0.4, -0.2) is 33.5 Å². The summed E-state index contributed by atoms with van der Waals surface area (Å²) in [7, 11) is 1.53. The minimum absolute atomic E-state index is 0.128. The first-order chi connectivity index (χ1) is 12.6. The number of hydrogen-bond acceptors (Lipinski definition) is 6. The summed E-state index contributed by atoms with van der Waals surface area (Å²) < 4.78 is 10.4. The van der Waals surface area contributed by atoms with E-state index in [-0.39, 0.29) is 5.56 Å². The largest absolute Gasteiger partial charge is 0.480 e. The highest BCUT2D eigenvalue weighted by atomic mass is 35.5. The Hall–Kier alpha value is -2.64. The Labute approximate surface area is 154 Å². The van der Waals surface area contributed by atoms with Gasteiger partial charge in [0.25, 0.3) is 5.56 Å². The first-order valence-corrected chi connectivity index (χ1v) is 8.58. The SMILES string of the molecule is COc1ncc(CN2CCc3nc(-c4ccco4)[nH]c(=O)c3C2)cc1Cl. The summed E-state index contributed by atoms with van der Waals surface area (Å²) >= 11 is 6.14. The monoisotopic (exact) mass is 372 g/mol. The maximum absolute atomic E-state index is 12.5. The molecule has 0 spiro atoms. The zero-order valence-electron chi connectivity index (χ0n) is 14.2. The summed E-state index contributed by atoms with van der Waals surface area (Å²) in [6, 6.07) is 5.39. The van der Waals surface area contributed by atoms with Crippen molar-refractivity contribution >= 4 is 11.6 Å². The van der Waals surface area contributed by atoms with Gasteiger partial charge in [0.2, 0.25) is 5.88 Å². The molecule has 1 aliphatic rings. The van der Waals surface area contributed by atoms with E-state index in [1.165, 1.54) is 7.11 Å². The van der Waals surface area contributed by atoms with Crippen molar-refractivity contribution < 1.29 is 9.15 Å². The summed E-state index contributed by atoms with van der Waals surface area (Å²) in [5.74, 6) is 1.44. The van der Waals surface area contributed by atoms with E-state index in [1.54, 1.807) is 24.6 Å². The number of nitrogens with zero attached hydrogens (tertiary/aromatic N) is 3. The van der Waals surface area contributed by atoms with E-state index in [0.717, 1.165) is 17.8 Å². The van der Waals surface area contributed by atoms with Gasteiger partial charge in [0.1, 0.15) is 5.02 Å². The molecule has 0 saturated heterocycles. The Kier molecular flexibility index (Phi) is 4.48. The van der Waals surface area contributed by atoms with Gasteiger partial charge in [-0.05, 0) is 23.8 Å². The van der Waals surface area contributed by atoms with Gasteiger partial charge in [-0.3, -0.25) is 9.69 Å². The average Bonchev–Trinajstić information content (AvgIpc) is 3.17. The quantitative estimate of drug-likeness (QED) is 0.758. The van der Waals surface area contributed by atoms with Gasteiger partial charge >= 0.3 is 0 Å². The zero-order chi connectivity index (χ0) is 18.1. The summed E-state index contributed by atoms with van der Waals surface area (Å²) in [5.41, 5.74) is 2.36. The number of halogens is 1. The molecule has 3 aromatic heterocycles. The molecule has 0 fully saturated rings. The zero-order valence-corrected chi connectivity index (χ0v) is 14.9. The summed E-state index contributed by atoms with van der Waals surface area (Å²) in [6.45, 7) is 1.97. The first kappa shape index (κ1) is 16.8. The number of rotatable bonds is 4. The lowest BCUT2D eigenvalue weighted by molar-refractivity contribution is 0.241. The van der Waals surface area contributed by atoms with Crippen LogP contribution >= 0.6 is 11.6 Å². The van der Waals surface area contributed by atoms with Crippen LogP contribution in [0.25, 0.3) is 11.6 Å². The highest BCUT2D eigenvalue weighted by Crippen LogP contribution is 2.24. The average molecular weight is 373 g/mol. The second-order valence-corrected chi connectivity index (χ2v) is 6.52. The van der Waals surface area contributed by atoms with Crippen LogP contribution in [0.15, 0.2) is 39.9 Å². The van der Waals surface area contributed by atoms with Gasteiger partial charge in [0, 0.05) is 32.3 Å². The molecule has 0 bridgehead atoms. The van der Waals surface area contributed by atoms with Crippen LogP contribution < -0.4 is 10.3 Å². The number of furan rings is 1. The first-order valence-electron chi connectivity index (χ1n) is 8.21. The summed E-state index contributed by atoms with van der Waals surface area (Å²) in [4.78, 5) is 26.2. The molecule has 8 heteroatoms. The molecule has 0 unspecified atom stereocenters. The maximum atomic E-state index is 12.5. The van der Waals surface area contributed by atoms with Gasteiger partial charge in [0.05, 0.1) is 24.6 Å². The molecule has 0 aliphatic carbocycles. The van der Waals surface area contributed by atoms with Gasteiger partial charge < -0.3 is 14.1 Å². The molecule has 3 aromatic rings. The number of pyridine rings is 1. The molecule has 134 valence electrons. The van der Waals surface area contributed by atoms with Crippen LogP contribution in [-0.2, 0) is 19.5 Å². The second kappa shape index (κ2) is 6.93. The van der Waals surface area contributed by atoms with E-state index >= 15 is 0 Å². The predicted octanol–water partition coefficient (Wildman–Crippen LogP) is 2.65. The lowest BCUT2D eigenvalue weighted by Crippen LogP contribution is -2.35. The number of ether oxygens (including phenoxy) is 1. The highest BCUT2D eigenvalue weighted by molar-refractivity contribution is 6.31. The molecule has 0 atom stereocenters. The van der Waals surface area contributed by atoms with E-state index < -0.39 is 0 Å². The third kappa shape index (κ3) is 3.23. The van der Waals surface area contributed by atoms with Crippen LogP contribution in [0.4, 0.5) is 0 Å². The summed E-state index contributed by atoms with van der Waals surface area (Å²) in [6.07, 6.45) is 4.00. The van der Waals surface area contributed by atoms with Crippen molar-refractivity contribution in [2.45, 2.75) is 19.5 Å². The van der Waals surface area contributed by atoms with E-state index in [4.69, 9.17) is 20.8 Å². The number of aromatic amines is 1. The standard InChI is InChI=1S/C18H17ClN4O3/c1-25-18-13(19)7-11(8-20-18)9-23-5-4-14-12(10-23)17(24)22-16(21-14)15-3-2-6-26-15/h2-3,6-8H,4-5,9-10H2,1H3,(H,21,22,24). The molecule has 1 N–H and O–H groups in total. The van der Waals surface area contributed by atoms with Crippen molar-refractivity contribution in [1.82, 2.24) is 19.9 Å². The molecule has 1 aliphatic heterocycles. The molecule has 7 nitrogen and oxygen atoms in total. The minimum Gasteiger partial charge on any atom is -0.480 e. The van der Waals surface area contributed by atoms with Crippen molar-refractivity contribution in [3.63, 3.8) is 0 Å². The Morgan fingerprint density at radius 3 is 3.08 bits per heavy atom. The van der Waals surface area contributed by atoms with E-state index in [1.807, 2.05) is 6.07 Å². The lowest BCUT2D eigenvalue weighted by atomic mass is 10.1. The van der Waals surface area contributed by atoms with E-state index in [9.17, 15) is 4.79 Å². The maximum Gasteiger partial charge on any atom is 0.256 e. The topological polar surface area (TPSA) is 84.2 Å². The fourth-order valence-electron chi connectivity index (χ4n) is 3.11. The molecule has 0 radical (unpaired) electrons. The smallest absolute Gasteiger partial charge is 0.256 e. The number of aromatic nitrogens is 3. The molecule has 0 amide bonds. The lowest BCUT2D eigenvalue weighted by Gasteiger charge is -2.27. The third-order valence-electron chi connectivity index (χ3n) is 4.37. The van der Waals surface area contributed by atoms with Crippen molar-refractivity contribution in [3.8, 4) is 17.5 Å². The van der Waals surface area contributed by atoms with Gasteiger partial charge in [-0.2, -0.15) is 0 Å². The van der Waals surface area contributed by atoms with Gasteiger partial charge in [-0.25, -0.2) is 9.97 Å².